The second-order valence-corrected chi connectivity index (χ2v) is 6.53. The first kappa shape index (κ1) is 19.2. The molecule has 28 heavy (non-hydrogen) atoms. The van der Waals surface area contributed by atoms with Gasteiger partial charge in [0.15, 0.2) is 0 Å². The van der Waals surface area contributed by atoms with Gasteiger partial charge in [0.25, 0.3) is 0 Å². The fourth-order valence-electron chi connectivity index (χ4n) is 3.01. The normalized spacial score (nSPS) is 11.4. The molecule has 0 aromatic heterocycles. The largest absolute Gasteiger partial charge is 0.481 e. The highest BCUT2D eigenvalue weighted by atomic mass is 16.4. The molecule has 0 heterocycles. The number of urea groups is 1. The van der Waals surface area contributed by atoms with Crippen LogP contribution < -0.4 is 10.6 Å². The summed E-state index contributed by atoms with van der Waals surface area (Å²) in [6.45, 7) is 0. The Balaban J connectivity index is 1.61. The monoisotopic (exact) mass is 374 g/mol. The maximum absolute atomic E-state index is 12.3. The van der Waals surface area contributed by atoms with Gasteiger partial charge in [-0.1, -0.05) is 72.8 Å². The molecule has 0 aliphatic rings. The smallest absolute Gasteiger partial charge is 0.319 e. The van der Waals surface area contributed by atoms with Crippen LogP contribution in [0.2, 0.25) is 0 Å². The Morgan fingerprint density at radius 3 is 1.96 bits per heavy atom. The molecule has 0 bridgehead atoms. The number of carbonyl (C=O) groups is 2. The lowest BCUT2D eigenvalue weighted by atomic mass is 10.0. The molecule has 0 aliphatic heterocycles. The highest BCUT2D eigenvalue weighted by Crippen LogP contribution is 2.21. The van der Waals surface area contributed by atoms with Crippen molar-refractivity contribution in [3.8, 4) is 11.1 Å². The number of hydrogen-bond acceptors (Lipinski definition) is 2. The lowest BCUT2D eigenvalue weighted by Crippen LogP contribution is -2.40. The number of benzene rings is 3. The zero-order chi connectivity index (χ0) is 19.8. The highest BCUT2D eigenvalue weighted by molar-refractivity contribution is 5.90. The summed E-state index contributed by atoms with van der Waals surface area (Å²) in [6, 6.07) is 26.1. The number of amides is 2. The molecular formula is C23H22N2O3. The van der Waals surface area contributed by atoms with Gasteiger partial charge in [-0.05, 0) is 35.2 Å². The van der Waals surface area contributed by atoms with Crippen molar-refractivity contribution in [2.75, 3.05) is 5.32 Å². The zero-order valence-electron chi connectivity index (χ0n) is 15.3. The molecule has 3 aromatic rings. The number of anilines is 1. The van der Waals surface area contributed by atoms with E-state index in [1.165, 1.54) is 0 Å². The van der Waals surface area contributed by atoms with Gasteiger partial charge in [-0.15, -0.1) is 0 Å². The average molecular weight is 374 g/mol. The van der Waals surface area contributed by atoms with E-state index in [-0.39, 0.29) is 6.42 Å². The highest BCUT2D eigenvalue weighted by Gasteiger charge is 2.16. The van der Waals surface area contributed by atoms with Crippen molar-refractivity contribution in [2.24, 2.45) is 0 Å². The number of nitrogens with one attached hydrogen (secondary N) is 2. The van der Waals surface area contributed by atoms with Gasteiger partial charge in [0.05, 0.1) is 6.42 Å². The summed E-state index contributed by atoms with van der Waals surface area (Å²) in [5.41, 5.74) is 3.77. The zero-order valence-corrected chi connectivity index (χ0v) is 15.3. The fourth-order valence-corrected chi connectivity index (χ4v) is 3.01. The van der Waals surface area contributed by atoms with Gasteiger partial charge in [0.2, 0.25) is 0 Å². The Hall–Kier alpha value is -3.60. The molecule has 142 valence electrons. The van der Waals surface area contributed by atoms with Crippen LogP contribution in [0.1, 0.15) is 12.0 Å². The first-order valence-electron chi connectivity index (χ1n) is 9.09. The maximum Gasteiger partial charge on any atom is 0.319 e. The number of carboxylic acids is 1. The van der Waals surface area contributed by atoms with Crippen molar-refractivity contribution in [1.29, 1.82) is 0 Å². The molecule has 1 atom stereocenters. The van der Waals surface area contributed by atoms with Gasteiger partial charge >= 0.3 is 12.0 Å². The van der Waals surface area contributed by atoms with Crippen molar-refractivity contribution in [3.05, 3.63) is 90.5 Å². The topological polar surface area (TPSA) is 78.4 Å². The molecule has 5 nitrogen and oxygen atoms in total. The molecule has 5 heteroatoms. The molecule has 3 N–H and O–H groups in total. The Kier molecular flexibility index (Phi) is 6.41. The van der Waals surface area contributed by atoms with E-state index in [4.69, 9.17) is 5.11 Å². The van der Waals surface area contributed by atoms with E-state index in [0.717, 1.165) is 16.7 Å². The van der Waals surface area contributed by atoms with E-state index in [1.54, 1.807) is 0 Å². The SMILES string of the molecule is O=C(O)C[C@@H](Cc1ccccc1)NC(=O)Nc1ccc(-c2ccccc2)cc1. The van der Waals surface area contributed by atoms with E-state index in [0.29, 0.717) is 12.1 Å². The van der Waals surface area contributed by atoms with Crippen LogP contribution in [0.5, 0.6) is 0 Å². The summed E-state index contributed by atoms with van der Waals surface area (Å²) < 4.78 is 0. The average Bonchev–Trinajstić information content (AvgIpc) is 2.69. The van der Waals surface area contributed by atoms with Gasteiger partial charge in [-0.25, -0.2) is 4.79 Å². The summed E-state index contributed by atoms with van der Waals surface area (Å²) in [7, 11) is 0. The van der Waals surface area contributed by atoms with E-state index in [9.17, 15) is 9.59 Å². The molecule has 0 spiro atoms. The van der Waals surface area contributed by atoms with Crippen molar-refractivity contribution in [1.82, 2.24) is 5.32 Å². The van der Waals surface area contributed by atoms with Crippen LogP contribution in [0.15, 0.2) is 84.9 Å². The first-order valence-corrected chi connectivity index (χ1v) is 9.09. The lowest BCUT2D eigenvalue weighted by Gasteiger charge is -2.18. The third-order valence-corrected chi connectivity index (χ3v) is 4.33. The molecular weight excluding hydrogens is 352 g/mol. The van der Waals surface area contributed by atoms with Gasteiger partial charge in [0, 0.05) is 11.7 Å². The second kappa shape index (κ2) is 9.37. The molecule has 0 radical (unpaired) electrons. The van der Waals surface area contributed by atoms with E-state index in [1.807, 2.05) is 84.9 Å². The quantitative estimate of drug-likeness (QED) is 0.567. The summed E-state index contributed by atoms with van der Waals surface area (Å²) in [6.07, 6.45) is 0.308. The van der Waals surface area contributed by atoms with E-state index < -0.39 is 18.0 Å². The lowest BCUT2D eigenvalue weighted by molar-refractivity contribution is -0.137. The van der Waals surface area contributed by atoms with Crippen molar-refractivity contribution < 1.29 is 14.7 Å². The van der Waals surface area contributed by atoms with E-state index >= 15 is 0 Å². The third-order valence-electron chi connectivity index (χ3n) is 4.33. The minimum atomic E-state index is -0.951. The van der Waals surface area contributed by atoms with E-state index in [2.05, 4.69) is 10.6 Å². The summed E-state index contributed by atoms with van der Waals surface area (Å²) in [4.78, 5) is 23.5. The summed E-state index contributed by atoms with van der Waals surface area (Å²) >= 11 is 0. The standard InChI is InChI=1S/C23H22N2O3/c26-22(27)16-21(15-17-7-3-1-4-8-17)25-23(28)24-20-13-11-19(12-14-20)18-9-5-2-6-10-18/h1-14,21H,15-16H2,(H,26,27)(H2,24,25,28)/t21-/m1/s1. The Morgan fingerprint density at radius 2 is 1.36 bits per heavy atom. The number of carboxylic acid groups (broad SMARTS) is 1. The molecule has 0 unspecified atom stereocenters. The van der Waals surface area contributed by atoms with Crippen LogP contribution >= 0.6 is 0 Å². The van der Waals surface area contributed by atoms with Gasteiger partial charge in [-0.3, -0.25) is 4.79 Å². The van der Waals surface area contributed by atoms with Crippen LogP contribution in [-0.4, -0.2) is 23.1 Å². The number of hydrogen-bond donors (Lipinski definition) is 3. The molecule has 0 saturated heterocycles. The van der Waals surface area contributed by atoms with Gasteiger partial charge in [0.1, 0.15) is 0 Å². The molecule has 3 aromatic carbocycles. The van der Waals surface area contributed by atoms with Crippen molar-refractivity contribution in [2.45, 2.75) is 18.9 Å². The van der Waals surface area contributed by atoms with Gasteiger partial charge in [-0.2, -0.15) is 0 Å². The van der Waals surface area contributed by atoms with Crippen LogP contribution in [0.4, 0.5) is 10.5 Å². The fraction of sp³-hybridized carbons (Fsp3) is 0.130. The minimum Gasteiger partial charge on any atom is -0.481 e. The minimum absolute atomic E-state index is 0.144. The summed E-state index contributed by atoms with van der Waals surface area (Å²) in [5.74, 6) is -0.951. The first-order chi connectivity index (χ1) is 13.6. The molecule has 0 fully saturated rings. The summed E-state index contributed by atoms with van der Waals surface area (Å²) in [5, 5.41) is 14.7. The Labute approximate surface area is 164 Å². The molecule has 0 saturated carbocycles. The Bertz CT molecular complexity index is 910. The number of aliphatic carboxylic acids is 1. The predicted octanol–water partition coefficient (Wildman–Crippen LogP) is 4.56. The van der Waals surface area contributed by atoms with Crippen molar-refractivity contribution >= 4 is 17.7 Å². The van der Waals surface area contributed by atoms with Crippen LogP contribution in [-0.2, 0) is 11.2 Å². The van der Waals surface area contributed by atoms with Crippen LogP contribution in [0.3, 0.4) is 0 Å². The van der Waals surface area contributed by atoms with Gasteiger partial charge < -0.3 is 15.7 Å². The predicted molar refractivity (Wildman–Crippen MR) is 110 cm³/mol. The Morgan fingerprint density at radius 1 is 0.786 bits per heavy atom. The molecule has 3 rings (SSSR count). The number of carbonyl (C=O) groups excluding carboxylic acids is 1. The third kappa shape index (κ3) is 5.71. The second-order valence-electron chi connectivity index (χ2n) is 6.53. The maximum atomic E-state index is 12.3. The molecule has 2 amide bonds. The molecule has 0 aliphatic carbocycles. The van der Waals surface area contributed by atoms with Crippen LogP contribution in [0, 0.1) is 0 Å². The van der Waals surface area contributed by atoms with Crippen LogP contribution in [0.25, 0.3) is 11.1 Å². The van der Waals surface area contributed by atoms with Crippen molar-refractivity contribution in [3.63, 3.8) is 0 Å². The number of rotatable bonds is 7.